The largest absolute Gasteiger partial charge is 0.412 e. The molecular formula is C14H31NO. The third kappa shape index (κ3) is 16.1. The number of hydrogen-bond acceptors (Lipinski definition) is 1. The van der Waals surface area contributed by atoms with E-state index in [0.717, 1.165) is 6.54 Å². The Morgan fingerprint density at radius 1 is 0.750 bits per heavy atom. The van der Waals surface area contributed by atoms with Gasteiger partial charge in [0.1, 0.15) is 0 Å². The van der Waals surface area contributed by atoms with Gasteiger partial charge in [-0.15, -0.1) is 0 Å². The molecular weight excluding hydrogens is 198 g/mol. The molecule has 0 saturated heterocycles. The van der Waals surface area contributed by atoms with Crippen LogP contribution in [0.2, 0.25) is 0 Å². The Balaban J connectivity index is 0. The van der Waals surface area contributed by atoms with Crippen molar-refractivity contribution in [1.29, 1.82) is 0 Å². The molecule has 16 heavy (non-hydrogen) atoms. The number of rotatable bonds is 11. The summed E-state index contributed by atoms with van der Waals surface area (Å²) in [7, 11) is 0. The first-order valence-electron chi connectivity index (χ1n) is 6.86. The summed E-state index contributed by atoms with van der Waals surface area (Å²) < 4.78 is 0. The zero-order chi connectivity index (χ0) is 11.2. The molecule has 0 saturated carbocycles. The van der Waals surface area contributed by atoms with Gasteiger partial charge in [-0.3, -0.25) is 4.99 Å². The Hall–Kier alpha value is -0.370. The maximum atomic E-state index is 4.21. The van der Waals surface area contributed by atoms with Crippen LogP contribution < -0.4 is 0 Å². The molecule has 0 bridgehead atoms. The molecule has 98 valence electrons. The lowest BCUT2D eigenvalue weighted by molar-refractivity contribution is 0.558. The van der Waals surface area contributed by atoms with E-state index >= 15 is 0 Å². The average molecular weight is 229 g/mol. The summed E-state index contributed by atoms with van der Waals surface area (Å²) in [5.41, 5.74) is 0. The van der Waals surface area contributed by atoms with Crippen molar-refractivity contribution in [2.75, 3.05) is 6.54 Å². The van der Waals surface area contributed by atoms with Gasteiger partial charge in [-0.25, -0.2) is 0 Å². The van der Waals surface area contributed by atoms with Crippen LogP contribution in [0.3, 0.4) is 0 Å². The highest BCUT2D eigenvalue weighted by atomic mass is 16.0. The van der Waals surface area contributed by atoms with Crippen LogP contribution in [0, 0.1) is 0 Å². The van der Waals surface area contributed by atoms with Crippen LogP contribution >= 0.6 is 0 Å². The van der Waals surface area contributed by atoms with Gasteiger partial charge in [0.15, 0.2) is 0 Å². The van der Waals surface area contributed by atoms with Crippen molar-refractivity contribution in [2.45, 2.75) is 78.1 Å². The average Bonchev–Trinajstić information content (AvgIpc) is 2.26. The van der Waals surface area contributed by atoms with Gasteiger partial charge in [0.2, 0.25) is 0 Å². The first-order chi connectivity index (χ1) is 7.41. The number of nitrogens with zero attached hydrogens (tertiary/aromatic N) is 1. The molecule has 0 aliphatic heterocycles. The second kappa shape index (κ2) is 17.0. The van der Waals surface area contributed by atoms with Gasteiger partial charge in [0.25, 0.3) is 0 Å². The van der Waals surface area contributed by atoms with Crippen molar-refractivity contribution in [1.82, 2.24) is 0 Å². The Kier molecular flexibility index (Phi) is 19.2. The standard InChI is InChI=1S/C14H29N.H2O/c1-3-5-6-7-8-9-10-11-12-13-14-15-4-2;/h4H,3,5-14H2,1-2H3;1H2. The van der Waals surface area contributed by atoms with Gasteiger partial charge >= 0.3 is 0 Å². The fourth-order valence-corrected chi connectivity index (χ4v) is 1.82. The molecule has 0 rings (SSSR count). The van der Waals surface area contributed by atoms with E-state index < -0.39 is 0 Å². The van der Waals surface area contributed by atoms with E-state index in [0.29, 0.717) is 0 Å². The monoisotopic (exact) mass is 229 g/mol. The Bertz CT molecular complexity index is 135. The second-order valence-electron chi connectivity index (χ2n) is 4.35. The minimum Gasteiger partial charge on any atom is -0.412 e. The zero-order valence-electron chi connectivity index (χ0n) is 11.3. The van der Waals surface area contributed by atoms with Gasteiger partial charge in [0.05, 0.1) is 0 Å². The Morgan fingerprint density at radius 3 is 1.62 bits per heavy atom. The van der Waals surface area contributed by atoms with Crippen LogP contribution in [-0.2, 0) is 0 Å². The van der Waals surface area contributed by atoms with Crippen molar-refractivity contribution in [3.63, 3.8) is 0 Å². The van der Waals surface area contributed by atoms with Crippen molar-refractivity contribution in [3.8, 4) is 0 Å². The SMILES string of the molecule is CC=NCCCCCCCCCCCC.O. The third-order valence-electron chi connectivity index (χ3n) is 2.82. The number of aliphatic imine (C=N–C) groups is 1. The highest BCUT2D eigenvalue weighted by Gasteiger charge is 1.91. The van der Waals surface area contributed by atoms with E-state index in [1.54, 1.807) is 0 Å². The van der Waals surface area contributed by atoms with Crippen LogP contribution in [0.1, 0.15) is 78.1 Å². The molecule has 0 radical (unpaired) electrons. The third-order valence-corrected chi connectivity index (χ3v) is 2.82. The van der Waals surface area contributed by atoms with E-state index in [4.69, 9.17) is 0 Å². The molecule has 0 aromatic heterocycles. The van der Waals surface area contributed by atoms with Gasteiger partial charge in [-0.2, -0.15) is 0 Å². The molecule has 0 aliphatic carbocycles. The normalized spacial score (nSPS) is 10.6. The molecule has 0 unspecified atom stereocenters. The summed E-state index contributed by atoms with van der Waals surface area (Å²) in [6.45, 7) is 5.31. The quantitative estimate of drug-likeness (QED) is 0.377. The van der Waals surface area contributed by atoms with Crippen LogP contribution in [0.5, 0.6) is 0 Å². The van der Waals surface area contributed by atoms with Crippen LogP contribution in [0.15, 0.2) is 4.99 Å². The van der Waals surface area contributed by atoms with Gasteiger partial charge in [-0.1, -0.05) is 64.7 Å². The zero-order valence-corrected chi connectivity index (χ0v) is 11.3. The molecule has 0 atom stereocenters. The van der Waals surface area contributed by atoms with Gasteiger partial charge in [-0.05, 0) is 19.6 Å². The molecule has 0 spiro atoms. The molecule has 2 heteroatoms. The fourth-order valence-electron chi connectivity index (χ4n) is 1.82. The van der Waals surface area contributed by atoms with Crippen molar-refractivity contribution >= 4 is 6.21 Å². The molecule has 2 nitrogen and oxygen atoms in total. The van der Waals surface area contributed by atoms with E-state index in [1.807, 2.05) is 13.1 Å². The lowest BCUT2D eigenvalue weighted by atomic mass is 10.1. The van der Waals surface area contributed by atoms with Crippen molar-refractivity contribution in [2.24, 2.45) is 4.99 Å². The summed E-state index contributed by atoms with van der Waals surface area (Å²) in [6.07, 6.45) is 16.0. The summed E-state index contributed by atoms with van der Waals surface area (Å²) in [6, 6.07) is 0. The summed E-state index contributed by atoms with van der Waals surface area (Å²) in [4.78, 5) is 4.21. The highest BCUT2D eigenvalue weighted by Crippen LogP contribution is 2.10. The lowest BCUT2D eigenvalue weighted by Gasteiger charge is -2.00. The molecule has 0 fully saturated rings. The Labute approximate surface area is 102 Å². The van der Waals surface area contributed by atoms with E-state index in [9.17, 15) is 0 Å². The van der Waals surface area contributed by atoms with Gasteiger partial charge in [0, 0.05) is 6.54 Å². The summed E-state index contributed by atoms with van der Waals surface area (Å²) in [5, 5.41) is 0. The van der Waals surface area contributed by atoms with Gasteiger partial charge < -0.3 is 5.48 Å². The van der Waals surface area contributed by atoms with E-state index in [1.165, 1.54) is 64.2 Å². The number of hydrogen-bond donors (Lipinski definition) is 0. The molecule has 0 amide bonds. The van der Waals surface area contributed by atoms with E-state index in [-0.39, 0.29) is 5.48 Å². The molecule has 0 aromatic rings. The second-order valence-corrected chi connectivity index (χ2v) is 4.35. The first kappa shape index (κ1) is 18.0. The molecule has 2 N–H and O–H groups in total. The predicted molar refractivity (Wildman–Crippen MR) is 74.5 cm³/mol. The predicted octanol–water partition coefficient (Wildman–Crippen LogP) is 4.17. The molecule has 0 aliphatic rings. The highest BCUT2D eigenvalue weighted by molar-refractivity contribution is 5.53. The topological polar surface area (TPSA) is 43.9 Å². The van der Waals surface area contributed by atoms with Crippen molar-refractivity contribution in [3.05, 3.63) is 0 Å². The molecule has 0 heterocycles. The minimum absolute atomic E-state index is 0. The lowest BCUT2D eigenvalue weighted by Crippen LogP contribution is -1.84. The maximum absolute atomic E-state index is 4.21. The summed E-state index contributed by atoms with van der Waals surface area (Å²) in [5.74, 6) is 0. The summed E-state index contributed by atoms with van der Waals surface area (Å²) >= 11 is 0. The molecule has 0 aromatic carbocycles. The van der Waals surface area contributed by atoms with Crippen LogP contribution in [0.25, 0.3) is 0 Å². The fraction of sp³-hybridized carbons (Fsp3) is 0.929. The minimum atomic E-state index is 0. The Morgan fingerprint density at radius 2 is 1.19 bits per heavy atom. The van der Waals surface area contributed by atoms with Crippen molar-refractivity contribution < 1.29 is 5.48 Å². The first-order valence-corrected chi connectivity index (χ1v) is 6.86. The maximum Gasteiger partial charge on any atom is 0.0385 e. The van der Waals surface area contributed by atoms with Crippen LogP contribution in [-0.4, -0.2) is 18.2 Å². The number of unbranched alkanes of at least 4 members (excludes halogenated alkanes) is 9. The van der Waals surface area contributed by atoms with Crippen LogP contribution in [0.4, 0.5) is 0 Å². The smallest absolute Gasteiger partial charge is 0.0385 e. The van der Waals surface area contributed by atoms with E-state index in [2.05, 4.69) is 11.9 Å².